The molecule has 0 saturated carbocycles. The predicted octanol–water partition coefficient (Wildman–Crippen LogP) is 2.76. The van der Waals surface area contributed by atoms with Crippen LogP contribution in [0.3, 0.4) is 0 Å². The van der Waals surface area contributed by atoms with Gasteiger partial charge in [0.25, 0.3) is 6.43 Å². The Hall–Kier alpha value is -1.55. The Morgan fingerprint density at radius 1 is 1.67 bits per heavy atom. The molecule has 1 aromatic rings. The van der Waals surface area contributed by atoms with Crippen molar-refractivity contribution in [2.45, 2.75) is 19.8 Å². The number of nitrogens with zero attached hydrogens (tertiary/aromatic N) is 2. The third-order valence-electron chi connectivity index (χ3n) is 2.03. The van der Waals surface area contributed by atoms with Crippen LogP contribution in [-0.4, -0.2) is 17.6 Å². The van der Waals surface area contributed by atoms with Gasteiger partial charge >= 0.3 is 5.97 Å². The van der Waals surface area contributed by atoms with Crippen LogP contribution in [-0.2, 0) is 16.0 Å². The minimum absolute atomic E-state index is 0.129. The largest absolute Gasteiger partial charge is 0.466 e. The Morgan fingerprint density at radius 2 is 2.33 bits per heavy atom. The van der Waals surface area contributed by atoms with Gasteiger partial charge < -0.3 is 4.74 Å². The summed E-state index contributed by atoms with van der Waals surface area (Å²) < 4.78 is 29.9. The number of pyridine rings is 1. The molecule has 0 aliphatic heterocycles. The Labute approximate surface area is 111 Å². The van der Waals surface area contributed by atoms with Crippen LogP contribution in [0.2, 0.25) is 0 Å². The first-order valence-electron chi connectivity index (χ1n) is 5.02. The number of hydrogen-bond acceptors (Lipinski definition) is 4. The fourth-order valence-electron chi connectivity index (χ4n) is 1.32. The first-order chi connectivity index (χ1) is 8.49. The average Bonchev–Trinajstić information content (AvgIpc) is 2.27. The highest BCUT2D eigenvalue weighted by Crippen LogP contribution is 2.29. The van der Waals surface area contributed by atoms with E-state index in [1.807, 2.05) is 0 Å². The van der Waals surface area contributed by atoms with Crippen molar-refractivity contribution in [2.24, 2.45) is 0 Å². The van der Waals surface area contributed by atoms with E-state index in [9.17, 15) is 13.6 Å². The van der Waals surface area contributed by atoms with E-state index in [4.69, 9.17) is 10.00 Å². The van der Waals surface area contributed by atoms with Crippen LogP contribution in [0, 0.1) is 11.3 Å². The molecular weight excluding hydrogens is 310 g/mol. The fourth-order valence-corrected chi connectivity index (χ4v) is 1.94. The molecule has 0 atom stereocenters. The minimum atomic E-state index is -2.81. The highest BCUT2D eigenvalue weighted by Gasteiger charge is 2.20. The van der Waals surface area contributed by atoms with Crippen LogP contribution in [0.1, 0.15) is 30.2 Å². The smallest absolute Gasteiger partial charge is 0.311 e. The molecule has 0 bridgehead atoms. The number of rotatable bonds is 4. The van der Waals surface area contributed by atoms with Crippen molar-refractivity contribution in [3.63, 3.8) is 0 Å². The molecule has 0 aromatic carbocycles. The van der Waals surface area contributed by atoms with Gasteiger partial charge in [0.1, 0.15) is 4.60 Å². The molecule has 0 radical (unpaired) electrons. The summed E-state index contributed by atoms with van der Waals surface area (Å²) in [5.74, 6) is -0.523. The molecule has 0 fully saturated rings. The van der Waals surface area contributed by atoms with E-state index >= 15 is 0 Å². The van der Waals surface area contributed by atoms with Gasteiger partial charge in [-0.15, -0.1) is 0 Å². The third-order valence-corrected chi connectivity index (χ3v) is 2.64. The van der Waals surface area contributed by atoms with E-state index in [2.05, 4.69) is 20.9 Å². The molecule has 0 N–H and O–H groups in total. The van der Waals surface area contributed by atoms with Crippen molar-refractivity contribution in [3.8, 4) is 6.07 Å². The molecule has 0 amide bonds. The van der Waals surface area contributed by atoms with Gasteiger partial charge in [0.2, 0.25) is 0 Å². The highest BCUT2D eigenvalue weighted by molar-refractivity contribution is 9.10. The van der Waals surface area contributed by atoms with Crippen LogP contribution in [0.25, 0.3) is 0 Å². The van der Waals surface area contributed by atoms with Gasteiger partial charge in [-0.05, 0) is 28.9 Å². The van der Waals surface area contributed by atoms with E-state index in [0.29, 0.717) is 0 Å². The topological polar surface area (TPSA) is 63.0 Å². The average molecular weight is 319 g/mol. The summed E-state index contributed by atoms with van der Waals surface area (Å²) in [6.07, 6.45) is -2.97. The maximum atomic E-state index is 12.7. The van der Waals surface area contributed by atoms with Crippen molar-refractivity contribution in [3.05, 3.63) is 27.5 Å². The number of hydrogen-bond donors (Lipinski definition) is 0. The lowest BCUT2D eigenvalue weighted by atomic mass is 10.1. The third kappa shape index (κ3) is 3.47. The second-order valence-electron chi connectivity index (χ2n) is 3.26. The molecule has 1 heterocycles. The highest BCUT2D eigenvalue weighted by atomic mass is 79.9. The monoisotopic (exact) mass is 318 g/mol. The molecule has 1 aromatic heterocycles. The Bertz CT molecular complexity index is 501. The van der Waals surface area contributed by atoms with Gasteiger partial charge in [-0.2, -0.15) is 5.26 Å². The zero-order valence-electron chi connectivity index (χ0n) is 9.41. The first kappa shape index (κ1) is 14.5. The van der Waals surface area contributed by atoms with E-state index in [1.54, 1.807) is 13.0 Å². The minimum Gasteiger partial charge on any atom is -0.466 e. The predicted molar refractivity (Wildman–Crippen MR) is 61.9 cm³/mol. The van der Waals surface area contributed by atoms with Crippen molar-refractivity contribution >= 4 is 21.9 Å². The molecule has 18 heavy (non-hydrogen) atoms. The van der Waals surface area contributed by atoms with E-state index in [1.165, 1.54) is 6.07 Å². The lowest BCUT2D eigenvalue weighted by Crippen LogP contribution is -2.10. The molecule has 1 rings (SSSR count). The van der Waals surface area contributed by atoms with E-state index < -0.39 is 18.0 Å². The summed E-state index contributed by atoms with van der Waals surface area (Å²) in [6, 6.07) is 2.83. The maximum Gasteiger partial charge on any atom is 0.311 e. The molecule has 0 saturated heterocycles. The molecule has 96 valence electrons. The van der Waals surface area contributed by atoms with Gasteiger partial charge in [0.05, 0.1) is 35.9 Å². The van der Waals surface area contributed by atoms with Gasteiger partial charge in [0.15, 0.2) is 0 Å². The van der Waals surface area contributed by atoms with Crippen LogP contribution in [0.4, 0.5) is 8.78 Å². The van der Waals surface area contributed by atoms with Gasteiger partial charge in [-0.25, -0.2) is 13.8 Å². The van der Waals surface area contributed by atoms with Crippen LogP contribution >= 0.6 is 15.9 Å². The number of ether oxygens (including phenoxy) is 1. The molecule has 0 unspecified atom stereocenters. The Kier molecular flexibility index (Phi) is 5.16. The summed E-state index contributed by atoms with van der Waals surface area (Å²) in [6.45, 7) is 1.88. The number of carbonyl (C=O) groups excluding carboxylic acids is 1. The van der Waals surface area contributed by atoms with Gasteiger partial charge in [-0.1, -0.05) is 0 Å². The fraction of sp³-hybridized carbons (Fsp3) is 0.364. The second kappa shape index (κ2) is 6.40. The number of carbonyl (C=O) groups is 1. The zero-order valence-corrected chi connectivity index (χ0v) is 11.0. The molecule has 0 spiro atoms. The van der Waals surface area contributed by atoms with Crippen LogP contribution < -0.4 is 0 Å². The standard InChI is InChI=1S/C11H9BrF2N2O2/c1-2-18-8(17)4-7-3-6(5-15)9(11(13)14)10(12)16-7/h3,11H,2,4H2,1H3. The lowest BCUT2D eigenvalue weighted by Gasteiger charge is -2.08. The second-order valence-corrected chi connectivity index (χ2v) is 4.01. The summed E-state index contributed by atoms with van der Waals surface area (Å²) in [5, 5.41) is 8.81. The maximum absolute atomic E-state index is 12.7. The van der Waals surface area contributed by atoms with E-state index in [0.717, 1.165) is 0 Å². The van der Waals surface area contributed by atoms with Crippen LogP contribution in [0.5, 0.6) is 0 Å². The van der Waals surface area contributed by atoms with Crippen molar-refractivity contribution < 1.29 is 18.3 Å². The summed E-state index contributed by atoms with van der Waals surface area (Å²) in [7, 11) is 0. The number of aromatic nitrogens is 1. The van der Waals surface area contributed by atoms with E-state index in [-0.39, 0.29) is 28.9 Å². The van der Waals surface area contributed by atoms with Crippen LogP contribution in [0.15, 0.2) is 10.7 Å². The summed E-state index contributed by atoms with van der Waals surface area (Å²) in [5.41, 5.74) is -0.461. The van der Waals surface area contributed by atoms with Crippen molar-refractivity contribution in [2.75, 3.05) is 6.61 Å². The van der Waals surface area contributed by atoms with Gasteiger partial charge in [0, 0.05) is 0 Å². The molecule has 4 nitrogen and oxygen atoms in total. The van der Waals surface area contributed by atoms with Crippen molar-refractivity contribution in [1.29, 1.82) is 5.26 Å². The normalized spacial score (nSPS) is 10.2. The number of nitriles is 1. The Morgan fingerprint density at radius 3 is 2.83 bits per heavy atom. The number of esters is 1. The Balaban J connectivity index is 3.08. The lowest BCUT2D eigenvalue weighted by molar-refractivity contribution is -0.142. The number of alkyl halides is 2. The number of halogens is 3. The zero-order chi connectivity index (χ0) is 13.7. The SMILES string of the molecule is CCOC(=O)Cc1cc(C#N)c(C(F)F)c(Br)n1. The summed E-state index contributed by atoms with van der Waals surface area (Å²) in [4.78, 5) is 15.0. The molecule has 0 aliphatic rings. The molecule has 0 aliphatic carbocycles. The quantitative estimate of drug-likeness (QED) is 0.632. The summed E-state index contributed by atoms with van der Waals surface area (Å²) >= 11 is 2.87. The van der Waals surface area contributed by atoms with Crippen molar-refractivity contribution in [1.82, 2.24) is 4.98 Å². The first-order valence-corrected chi connectivity index (χ1v) is 5.82. The molecular formula is C11H9BrF2N2O2. The van der Waals surface area contributed by atoms with Gasteiger partial charge in [-0.3, -0.25) is 4.79 Å². The molecule has 7 heteroatoms.